The van der Waals surface area contributed by atoms with Gasteiger partial charge in [0.15, 0.2) is 0 Å². The molecular weight excluding hydrogens is 212 g/mol. The third-order valence-electron chi connectivity index (χ3n) is 3.45. The smallest absolute Gasteiger partial charge is 0.0802 e. The molecule has 0 fully saturated rings. The fourth-order valence-corrected chi connectivity index (χ4v) is 2.20. The van der Waals surface area contributed by atoms with Crippen LogP contribution in [-0.4, -0.2) is 22.4 Å². The molecule has 0 aliphatic carbocycles. The highest BCUT2D eigenvalue weighted by Crippen LogP contribution is 2.29. The van der Waals surface area contributed by atoms with Crippen LogP contribution in [0.15, 0.2) is 18.2 Å². The van der Waals surface area contributed by atoms with Crippen LogP contribution in [0.4, 0.5) is 0 Å². The first-order valence-electron chi connectivity index (χ1n) is 6.39. The highest BCUT2D eigenvalue weighted by Gasteiger charge is 2.19. The molecule has 0 aromatic heterocycles. The van der Waals surface area contributed by atoms with Gasteiger partial charge in [0.1, 0.15) is 0 Å². The summed E-state index contributed by atoms with van der Waals surface area (Å²) in [5, 5.41) is 19.2. The van der Waals surface area contributed by atoms with Crippen LogP contribution in [0.25, 0.3) is 0 Å². The van der Waals surface area contributed by atoms with E-state index in [0.717, 1.165) is 6.42 Å². The monoisotopic (exact) mass is 236 g/mol. The Balaban J connectivity index is 2.89. The van der Waals surface area contributed by atoms with Gasteiger partial charge in [0.25, 0.3) is 0 Å². The lowest BCUT2D eigenvalue weighted by atomic mass is 9.86. The average molecular weight is 236 g/mol. The van der Waals surface area contributed by atoms with Crippen LogP contribution in [0.5, 0.6) is 0 Å². The summed E-state index contributed by atoms with van der Waals surface area (Å²) < 4.78 is 0. The number of hydrogen-bond donors (Lipinski definition) is 2. The molecule has 0 saturated heterocycles. The fourth-order valence-electron chi connectivity index (χ4n) is 2.20. The van der Waals surface area contributed by atoms with Gasteiger partial charge in [0.05, 0.1) is 12.2 Å². The van der Waals surface area contributed by atoms with Gasteiger partial charge in [0, 0.05) is 0 Å². The Morgan fingerprint density at radius 3 is 2.35 bits per heavy atom. The molecule has 17 heavy (non-hydrogen) atoms. The van der Waals surface area contributed by atoms with Crippen molar-refractivity contribution in [2.24, 2.45) is 0 Å². The second kappa shape index (κ2) is 6.18. The SMILES string of the molecule is CCC(CC(O)C(C)O)c1cc(C)ccc1C. The van der Waals surface area contributed by atoms with Crippen LogP contribution in [-0.2, 0) is 0 Å². The number of aryl methyl sites for hydroxylation is 2. The Kier molecular flexibility index (Phi) is 5.16. The van der Waals surface area contributed by atoms with Crippen molar-refractivity contribution >= 4 is 0 Å². The van der Waals surface area contributed by atoms with E-state index in [9.17, 15) is 10.2 Å². The van der Waals surface area contributed by atoms with Crippen LogP contribution in [0.2, 0.25) is 0 Å². The van der Waals surface area contributed by atoms with Crippen LogP contribution < -0.4 is 0 Å². The molecule has 2 heteroatoms. The standard InChI is InChI=1S/C15H24O2/c1-5-13(9-15(17)12(4)16)14-8-10(2)6-7-11(14)3/h6-8,12-13,15-17H,5,9H2,1-4H3. The van der Waals surface area contributed by atoms with Crippen LogP contribution in [0.1, 0.15) is 49.3 Å². The second-order valence-electron chi connectivity index (χ2n) is 5.01. The Morgan fingerprint density at radius 2 is 1.82 bits per heavy atom. The van der Waals surface area contributed by atoms with Crippen molar-refractivity contribution in [1.29, 1.82) is 0 Å². The first-order chi connectivity index (χ1) is 7.95. The first-order valence-corrected chi connectivity index (χ1v) is 6.39. The molecule has 0 aliphatic rings. The van der Waals surface area contributed by atoms with Crippen LogP contribution >= 0.6 is 0 Å². The lowest BCUT2D eigenvalue weighted by molar-refractivity contribution is 0.0214. The van der Waals surface area contributed by atoms with Gasteiger partial charge in [-0.15, -0.1) is 0 Å². The maximum absolute atomic E-state index is 9.80. The molecule has 2 N–H and O–H groups in total. The summed E-state index contributed by atoms with van der Waals surface area (Å²) in [5.41, 5.74) is 3.81. The zero-order chi connectivity index (χ0) is 13.0. The lowest BCUT2D eigenvalue weighted by Crippen LogP contribution is -2.25. The molecule has 0 heterocycles. The van der Waals surface area contributed by atoms with Crippen molar-refractivity contribution in [3.63, 3.8) is 0 Å². The van der Waals surface area contributed by atoms with E-state index in [2.05, 4.69) is 39.0 Å². The third-order valence-corrected chi connectivity index (χ3v) is 3.45. The second-order valence-corrected chi connectivity index (χ2v) is 5.01. The predicted octanol–water partition coefficient (Wildman–Crippen LogP) is 2.93. The normalized spacial score (nSPS) is 16.6. The first kappa shape index (κ1) is 14.2. The van der Waals surface area contributed by atoms with E-state index in [-0.39, 0.29) is 0 Å². The topological polar surface area (TPSA) is 40.5 Å². The Bertz CT molecular complexity index is 358. The molecule has 0 amide bonds. The largest absolute Gasteiger partial charge is 0.391 e. The minimum atomic E-state index is -0.658. The Hall–Kier alpha value is -0.860. The zero-order valence-corrected chi connectivity index (χ0v) is 11.3. The van der Waals surface area contributed by atoms with Gasteiger partial charge in [-0.2, -0.15) is 0 Å². The van der Waals surface area contributed by atoms with Gasteiger partial charge in [-0.05, 0) is 50.7 Å². The number of rotatable bonds is 5. The molecule has 96 valence electrons. The molecule has 0 saturated carbocycles. The molecule has 1 rings (SSSR count). The molecule has 3 atom stereocenters. The summed E-state index contributed by atoms with van der Waals surface area (Å²) in [6.07, 6.45) is 0.307. The summed E-state index contributed by atoms with van der Waals surface area (Å²) in [6.45, 7) is 7.95. The zero-order valence-electron chi connectivity index (χ0n) is 11.3. The minimum absolute atomic E-state index is 0.319. The number of benzene rings is 1. The Labute approximate surface area is 104 Å². The van der Waals surface area contributed by atoms with Crippen molar-refractivity contribution in [2.75, 3.05) is 0 Å². The molecule has 1 aromatic carbocycles. The summed E-state index contributed by atoms with van der Waals surface area (Å²) in [5.74, 6) is 0.319. The van der Waals surface area contributed by atoms with Crippen molar-refractivity contribution in [1.82, 2.24) is 0 Å². The number of aliphatic hydroxyl groups is 2. The van der Waals surface area contributed by atoms with E-state index in [1.54, 1.807) is 6.92 Å². The molecule has 0 aliphatic heterocycles. The summed E-state index contributed by atoms with van der Waals surface area (Å²) in [4.78, 5) is 0. The van der Waals surface area contributed by atoms with E-state index in [1.807, 2.05) is 0 Å². The van der Waals surface area contributed by atoms with E-state index in [0.29, 0.717) is 12.3 Å². The molecule has 1 aromatic rings. The lowest BCUT2D eigenvalue weighted by Gasteiger charge is -2.23. The summed E-state index contributed by atoms with van der Waals surface area (Å²) in [6, 6.07) is 6.43. The fraction of sp³-hybridized carbons (Fsp3) is 0.600. The number of hydrogen-bond acceptors (Lipinski definition) is 2. The minimum Gasteiger partial charge on any atom is -0.391 e. The van der Waals surface area contributed by atoms with Gasteiger partial charge in [-0.25, -0.2) is 0 Å². The van der Waals surface area contributed by atoms with Gasteiger partial charge in [-0.1, -0.05) is 30.7 Å². The highest BCUT2D eigenvalue weighted by molar-refractivity contribution is 5.33. The van der Waals surface area contributed by atoms with Crippen LogP contribution in [0.3, 0.4) is 0 Å². The van der Waals surface area contributed by atoms with E-state index >= 15 is 0 Å². The third kappa shape index (κ3) is 3.83. The maximum Gasteiger partial charge on any atom is 0.0802 e. The van der Waals surface area contributed by atoms with Crippen molar-refractivity contribution in [3.05, 3.63) is 34.9 Å². The van der Waals surface area contributed by atoms with Crippen LogP contribution in [0, 0.1) is 13.8 Å². The number of aliphatic hydroxyl groups excluding tert-OH is 2. The van der Waals surface area contributed by atoms with Crippen molar-refractivity contribution in [3.8, 4) is 0 Å². The molecule has 0 bridgehead atoms. The Morgan fingerprint density at radius 1 is 1.18 bits per heavy atom. The average Bonchev–Trinajstić information content (AvgIpc) is 2.29. The molecular formula is C15H24O2. The van der Waals surface area contributed by atoms with Crippen molar-refractivity contribution < 1.29 is 10.2 Å². The summed E-state index contributed by atoms with van der Waals surface area (Å²) >= 11 is 0. The van der Waals surface area contributed by atoms with Gasteiger partial charge >= 0.3 is 0 Å². The van der Waals surface area contributed by atoms with E-state index in [1.165, 1.54) is 16.7 Å². The van der Waals surface area contributed by atoms with Gasteiger partial charge < -0.3 is 10.2 Å². The quantitative estimate of drug-likeness (QED) is 0.825. The maximum atomic E-state index is 9.80. The van der Waals surface area contributed by atoms with Crippen molar-refractivity contribution in [2.45, 2.75) is 58.7 Å². The molecule has 2 nitrogen and oxygen atoms in total. The van der Waals surface area contributed by atoms with E-state index in [4.69, 9.17) is 0 Å². The summed E-state index contributed by atoms with van der Waals surface area (Å²) in [7, 11) is 0. The molecule has 3 unspecified atom stereocenters. The highest BCUT2D eigenvalue weighted by atomic mass is 16.3. The molecule has 0 spiro atoms. The van der Waals surface area contributed by atoms with Gasteiger partial charge in [0.2, 0.25) is 0 Å². The predicted molar refractivity (Wildman–Crippen MR) is 71.3 cm³/mol. The molecule has 0 radical (unpaired) electrons. The van der Waals surface area contributed by atoms with E-state index < -0.39 is 12.2 Å². The van der Waals surface area contributed by atoms with Gasteiger partial charge in [-0.3, -0.25) is 0 Å².